The molecule has 0 spiro atoms. The summed E-state index contributed by atoms with van der Waals surface area (Å²) in [4.78, 5) is 20.9. The topological polar surface area (TPSA) is 104 Å². The van der Waals surface area contributed by atoms with Gasteiger partial charge in [0, 0.05) is 11.6 Å². The maximum Gasteiger partial charge on any atom is 0.312 e. The molecule has 0 saturated heterocycles. The Labute approximate surface area is 94.8 Å². The zero-order chi connectivity index (χ0) is 12.3. The average molecular weight is 241 g/mol. The highest BCUT2D eigenvalue weighted by atomic mass is 35.5. The first kappa shape index (κ1) is 11.9. The van der Waals surface area contributed by atoms with Crippen LogP contribution >= 0.6 is 11.6 Å². The molecule has 0 aliphatic carbocycles. The number of alkyl halides is 1. The lowest BCUT2D eigenvalue weighted by molar-refractivity contribution is -0.385. The number of carbonyl (C=O) groups is 1. The van der Waals surface area contributed by atoms with Crippen molar-refractivity contribution < 1.29 is 14.8 Å². The highest BCUT2D eigenvalue weighted by Crippen LogP contribution is 2.31. The van der Waals surface area contributed by atoms with Gasteiger partial charge in [-0.25, -0.2) is 0 Å². The Bertz CT molecular complexity index is 507. The highest BCUT2D eigenvalue weighted by molar-refractivity contribution is 6.30. The van der Waals surface area contributed by atoms with E-state index in [4.69, 9.17) is 16.9 Å². The Balaban J connectivity index is 3.48. The molecule has 1 N–H and O–H groups in total. The standard InChI is InChI=1S/C9H5ClN2O4/c10-3-8(13)5-1-2-7(12(15)16)9(14)6(5)4-11/h1-2,14H,3H2. The second-order valence-electron chi connectivity index (χ2n) is 2.78. The number of nitro benzene ring substituents is 1. The molecule has 0 aliphatic heterocycles. The van der Waals surface area contributed by atoms with Gasteiger partial charge in [0.25, 0.3) is 0 Å². The predicted octanol–water partition coefficient (Wildman–Crippen LogP) is 1.59. The fraction of sp³-hybridized carbons (Fsp3) is 0.111. The molecule has 1 rings (SSSR count). The van der Waals surface area contributed by atoms with Crippen molar-refractivity contribution in [3.05, 3.63) is 33.4 Å². The lowest BCUT2D eigenvalue weighted by Crippen LogP contribution is -2.04. The molecule has 0 radical (unpaired) electrons. The summed E-state index contributed by atoms with van der Waals surface area (Å²) in [5, 5.41) is 28.6. The Kier molecular flexibility index (Phi) is 3.43. The normalized spacial score (nSPS) is 9.50. The second kappa shape index (κ2) is 4.59. The number of halogens is 1. The third-order valence-electron chi connectivity index (χ3n) is 1.89. The molecule has 0 saturated carbocycles. The van der Waals surface area contributed by atoms with Gasteiger partial charge >= 0.3 is 5.69 Å². The van der Waals surface area contributed by atoms with Crippen LogP contribution in [-0.4, -0.2) is 21.7 Å². The summed E-state index contributed by atoms with van der Waals surface area (Å²) in [6.45, 7) is 0. The minimum Gasteiger partial charge on any atom is -0.501 e. The number of benzene rings is 1. The molecular weight excluding hydrogens is 236 g/mol. The van der Waals surface area contributed by atoms with E-state index in [2.05, 4.69) is 0 Å². The number of rotatable bonds is 3. The molecule has 0 fully saturated rings. The van der Waals surface area contributed by atoms with Crippen LogP contribution < -0.4 is 0 Å². The fourth-order valence-corrected chi connectivity index (χ4v) is 1.29. The Morgan fingerprint density at radius 1 is 1.62 bits per heavy atom. The Hall–Kier alpha value is -2.13. The number of ketones is 1. The van der Waals surface area contributed by atoms with Crippen LogP contribution in [0.25, 0.3) is 0 Å². The molecule has 16 heavy (non-hydrogen) atoms. The van der Waals surface area contributed by atoms with Gasteiger partial charge < -0.3 is 5.11 Å². The van der Waals surface area contributed by atoms with Crippen molar-refractivity contribution >= 4 is 23.1 Å². The molecule has 0 aromatic heterocycles. The van der Waals surface area contributed by atoms with Crippen LogP contribution in [0.1, 0.15) is 15.9 Å². The van der Waals surface area contributed by atoms with Gasteiger partial charge in [-0.1, -0.05) is 0 Å². The van der Waals surface area contributed by atoms with Gasteiger partial charge in [-0.3, -0.25) is 14.9 Å². The molecule has 0 aliphatic rings. The number of hydrogen-bond acceptors (Lipinski definition) is 5. The lowest BCUT2D eigenvalue weighted by atomic mass is 10.0. The van der Waals surface area contributed by atoms with E-state index in [0.717, 1.165) is 12.1 Å². The molecule has 1 aromatic rings. The van der Waals surface area contributed by atoms with E-state index in [1.807, 2.05) is 0 Å². The van der Waals surface area contributed by atoms with Crippen LogP contribution in [0.5, 0.6) is 5.75 Å². The van der Waals surface area contributed by atoms with Gasteiger partial charge in [0.2, 0.25) is 5.75 Å². The second-order valence-corrected chi connectivity index (χ2v) is 3.05. The summed E-state index contributed by atoms with van der Waals surface area (Å²) >= 11 is 5.30. The molecule has 0 amide bonds. The van der Waals surface area contributed by atoms with Gasteiger partial charge in [0.05, 0.1) is 10.8 Å². The molecule has 0 bridgehead atoms. The zero-order valence-corrected chi connectivity index (χ0v) is 8.56. The van der Waals surface area contributed by atoms with E-state index < -0.39 is 27.7 Å². The van der Waals surface area contributed by atoms with E-state index >= 15 is 0 Å². The number of nitriles is 1. The summed E-state index contributed by atoms with van der Waals surface area (Å²) in [7, 11) is 0. The molecule has 1 aromatic carbocycles. The van der Waals surface area contributed by atoms with Crippen molar-refractivity contribution in [3.8, 4) is 11.8 Å². The van der Waals surface area contributed by atoms with Crippen molar-refractivity contribution in [1.82, 2.24) is 0 Å². The lowest BCUT2D eigenvalue weighted by Gasteiger charge is -2.03. The molecule has 0 heterocycles. The van der Waals surface area contributed by atoms with Crippen LogP contribution in [0.15, 0.2) is 12.1 Å². The van der Waals surface area contributed by atoms with Crippen LogP contribution in [0.3, 0.4) is 0 Å². The van der Waals surface area contributed by atoms with Crippen molar-refractivity contribution in [1.29, 1.82) is 5.26 Å². The molecule has 0 unspecified atom stereocenters. The largest absolute Gasteiger partial charge is 0.501 e. The molecular formula is C9H5ClN2O4. The Morgan fingerprint density at radius 3 is 2.69 bits per heavy atom. The van der Waals surface area contributed by atoms with Crippen molar-refractivity contribution in [2.45, 2.75) is 0 Å². The average Bonchev–Trinajstić information content (AvgIpc) is 2.26. The Morgan fingerprint density at radius 2 is 2.25 bits per heavy atom. The van der Waals surface area contributed by atoms with Crippen LogP contribution in [0.2, 0.25) is 0 Å². The van der Waals surface area contributed by atoms with Gasteiger partial charge in [-0.15, -0.1) is 11.6 Å². The third kappa shape index (κ3) is 1.94. The first-order valence-electron chi connectivity index (χ1n) is 4.02. The summed E-state index contributed by atoms with van der Waals surface area (Å²) in [5.74, 6) is -1.77. The van der Waals surface area contributed by atoms with Crippen molar-refractivity contribution in [2.75, 3.05) is 5.88 Å². The summed E-state index contributed by atoms with van der Waals surface area (Å²) in [5.41, 5.74) is -1.18. The van der Waals surface area contributed by atoms with Crippen LogP contribution in [0, 0.1) is 21.4 Å². The summed E-state index contributed by atoms with van der Waals surface area (Å²) in [6, 6.07) is 3.59. The minimum atomic E-state index is -0.842. The van der Waals surface area contributed by atoms with Crippen LogP contribution in [0.4, 0.5) is 5.69 Å². The third-order valence-corrected chi connectivity index (χ3v) is 2.13. The zero-order valence-electron chi connectivity index (χ0n) is 7.81. The number of nitro groups is 1. The summed E-state index contributed by atoms with van der Waals surface area (Å²) in [6.07, 6.45) is 0. The van der Waals surface area contributed by atoms with E-state index in [-0.39, 0.29) is 11.4 Å². The van der Waals surface area contributed by atoms with Crippen molar-refractivity contribution in [3.63, 3.8) is 0 Å². The molecule has 7 heteroatoms. The van der Waals surface area contributed by atoms with E-state index in [1.165, 1.54) is 0 Å². The van der Waals surface area contributed by atoms with Crippen LogP contribution in [-0.2, 0) is 0 Å². The van der Waals surface area contributed by atoms with Gasteiger partial charge in [0.1, 0.15) is 11.6 Å². The van der Waals surface area contributed by atoms with E-state index in [0.29, 0.717) is 0 Å². The maximum absolute atomic E-state index is 11.3. The quantitative estimate of drug-likeness (QED) is 0.374. The van der Waals surface area contributed by atoms with E-state index in [1.54, 1.807) is 6.07 Å². The number of phenols is 1. The van der Waals surface area contributed by atoms with Gasteiger partial charge in [0.15, 0.2) is 5.78 Å². The monoisotopic (exact) mass is 240 g/mol. The number of nitrogens with zero attached hydrogens (tertiary/aromatic N) is 2. The molecule has 6 nitrogen and oxygen atoms in total. The highest BCUT2D eigenvalue weighted by Gasteiger charge is 2.22. The maximum atomic E-state index is 11.3. The fourth-order valence-electron chi connectivity index (χ4n) is 1.15. The summed E-state index contributed by atoms with van der Waals surface area (Å²) < 4.78 is 0. The molecule has 0 atom stereocenters. The van der Waals surface area contributed by atoms with E-state index in [9.17, 15) is 20.0 Å². The number of phenolic OH excluding ortho intramolecular Hbond substituents is 1. The van der Waals surface area contributed by atoms with Gasteiger partial charge in [-0.05, 0) is 6.07 Å². The number of carbonyl (C=O) groups excluding carboxylic acids is 1. The smallest absolute Gasteiger partial charge is 0.312 e. The SMILES string of the molecule is N#Cc1c(C(=O)CCl)ccc([N+](=O)[O-])c1O. The number of hydrogen-bond donors (Lipinski definition) is 1. The minimum absolute atomic E-state index is 0.124. The number of aromatic hydroxyl groups is 1. The predicted molar refractivity (Wildman–Crippen MR) is 54.5 cm³/mol. The molecule has 82 valence electrons. The first-order chi connectivity index (χ1) is 7.52. The van der Waals surface area contributed by atoms with Gasteiger partial charge in [-0.2, -0.15) is 5.26 Å². The van der Waals surface area contributed by atoms with Crippen molar-refractivity contribution in [2.24, 2.45) is 0 Å². The number of Topliss-reactive ketones (excluding diaryl/α,β-unsaturated/α-hetero) is 1. The first-order valence-corrected chi connectivity index (χ1v) is 4.56.